The van der Waals surface area contributed by atoms with Crippen LogP contribution in [-0.2, 0) is 4.79 Å². The van der Waals surface area contributed by atoms with Crippen molar-refractivity contribution in [3.8, 4) is 22.6 Å². The summed E-state index contributed by atoms with van der Waals surface area (Å²) in [6, 6.07) is 3.54. The SMILES string of the molecule is CCNC(=O)Nc1nc2cc(-c3cnc(N4CCC(C)(C(=O)O)CC4)nc3)cc(-c3ncco3)c2s1. The van der Waals surface area contributed by atoms with Gasteiger partial charge in [-0.2, -0.15) is 0 Å². The monoisotopic (exact) mass is 507 g/mol. The number of carboxylic acids is 1. The number of carboxylic acid groups (broad SMARTS) is 1. The van der Waals surface area contributed by atoms with Crippen LogP contribution in [0.2, 0.25) is 0 Å². The second-order valence-electron chi connectivity index (χ2n) is 8.84. The number of piperidine rings is 1. The standard InChI is InChI=1S/C24H25N7O4S/c1-3-25-22(34)30-23-29-17-11-14(10-16(18(17)36-23)19-26-6-9-35-19)15-12-27-21(28-13-15)31-7-4-24(2,5-8-31)20(32)33/h6,9-13H,3-5,7-8H2,1-2H3,(H,32,33)(H2,25,29,30,34). The van der Waals surface area contributed by atoms with Gasteiger partial charge in [0.05, 0.1) is 27.4 Å². The van der Waals surface area contributed by atoms with Crippen molar-refractivity contribution < 1.29 is 19.1 Å². The number of anilines is 2. The van der Waals surface area contributed by atoms with Crippen LogP contribution in [0.1, 0.15) is 26.7 Å². The first-order chi connectivity index (χ1) is 17.4. The van der Waals surface area contributed by atoms with Gasteiger partial charge in [0.1, 0.15) is 6.26 Å². The van der Waals surface area contributed by atoms with E-state index in [1.807, 2.05) is 24.0 Å². The third kappa shape index (κ3) is 4.59. The Morgan fingerprint density at radius 3 is 2.56 bits per heavy atom. The van der Waals surface area contributed by atoms with Crippen LogP contribution in [-0.4, -0.2) is 56.7 Å². The van der Waals surface area contributed by atoms with Gasteiger partial charge in [0, 0.05) is 37.6 Å². The smallest absolute Gasteiger partial charge is 0.321 e. The topological polar surface area (TPSA) is 146 Å². The number of nitrogens with zero attached hydrogens (tertiary/aromatic N) is 5. The van der Waals surface area contributed by atoms with E-state index in [4.69, 9.17) is 4.42 Å². The molecule has 11 nitrogen and oxygen atoms in total. The van der Waals surface area contributed by atoms with E-state index in [1.54, 1.807) is 25.5 Å². The molecule has 0 saturated carbocycles. The van der Waals surface area contributed by atoms with Crippen LogP contribution >= 0.6 is 11.3 Å². The van der Waals surface area contributed by atoms with Gasteiger partial charge < -0.3 is 19.7 Å². The maximum absolute atomic E-state index is 12.0. The fourth-order valence-corrected chi connectivity index (χ4v) is 5.06. The van der Waals surface area contributed by atoms with Crippen molar-refractivity contribution >= 4 is 44.6 Å². The summed E-state index contributed by atoms with van der Waals surface area (Å²) >= 11 is 1.34. The first kappa shape index (κ1) is 23.7. The predicted octanol–water partition coefficient (Wildman–Crippen LogP) is 4.24. The van der Waals surface area contributed by atoms with Crippen molar-refractivity contribution in [3.63, 3.8) is 0 Å². The molecule has 0 bridgehead atoms. The molecule has 1 fully saturated rings. The number of hydrogen-bond donors (Lipinski definition) is 3. The van der Waals surface area contributed by atoms with E-state index in [0.29, 0.717) is 55.0 Å². The number of oxazole rings is 1. The third-order valence-corrected chi connectivity index (χ3v) is 7.37. The molecule has 186 valence electrons. The molecule has 36 heavy (non-hydrogen) atoms. The van der Waals surface area contributed by atoms with Crippen LogP contribution in [0.5, 0.6) is 0 Å². The quantitative estimate of drug-likeness (QED) is 0.349. The first-order valence-electron chi connectivity index (χ1n) is 11.6. The number of amides is 2. The molecule has 5 rings (SSSR count). The van der Waals surface area contributed by atoms with Gasteiger partial charge >= 0.3 is 12.0 Å². The Morgan fingerprint density at radius 1 is 1.17 bits per heavy atom. The number of fused-ring (bicyclic) bond motifs is 1. The molecule has 4 aromatic rings. The molecule has 4 heterocycles. The zero-order valence-electron chi connectivity index (χ0n) is 19.8. The van der Waals surface area contributed by atoms with Crippen molar-refractivity contribution in [2.75, 3.05) is 29.9 Å². The van der Waals surface area contributed by atoms with Crippen molar-refractivity contribution in [2.24, 2.45) is 5.41 Å². The zero-order valence-corrected chi connectivity index (χ0v) is 20.6. The molecule has 1 aliphatic heterocycles. The molecule has 0 spiro atoms. The molecule has 1 saturated heterocycles. The van der Waals surface area contributed by atoms with Gasteiger partial charge in [-0.15, -0.1) is 0 Å². The Kier molecular flexibility index (Phi) is 6.27. The van der Waals surface area contributed by atoms with E-state index in [1.165, 1.54) is 17.6 Å². The lowest BCUT2D eigenvalue weighted by Gasteiger charge is -2.36. The number of hydrogen-bond acceptors (Lipinski definition) is 9. The van der Waals surface area contributed by atoms with E-state index >= 15 is 0 Å². The number of carbonyl (C=O) groups excluding carboxylic acids is 1. The summed E-state index contributed by atoms with van der Waals surface area (Å²) in [5, 5.41) is 15.4. The number of nitrogens with one attached hydrogen (secondary N) is 2. The summed E-state index contributed by atoms with van der Waals surface area (Å²) in [4.78, 5) is 43.5. The van der Waals surface area contributed by atoms with E-state index < -0.39 is 11.4 Å². The average molecular weight is 508 g/mol. The number of thiazole rings is 1. The van der Waals surface area contributed by atoms with Gasteiger partial charge in [0.2, 0.25) is 11.8 Å². The second kappa shape index (κ2) is 9.53. The van der Waals surface area contributed by atoms with Gasteiger partial charge in [0.15, 0.2) is 5.13 Å². The van der Waals surface area contributed by atoms with Gasteiger partial charge in [-0.3, -0.25) is 10.1 Å². The summed E-state index contributed by atoms with van der Waals surface area (Å²) in [6.07, 6.45) is 7.66. The molecule has 0 atom stereocenters. The average Bonchev–Trinajstić information content (AvgIpc) is 3.54. The number of rotatable bonds is 6. The van der Waals surface area contributed by atoms with E-state index in [-0.39, 0.29) is 6.03 Å². The van der Waals surface area contributed by atoms with E-state index in [9.17, 15) is 14.7 Å². The van der Waals surface area contributed by atoms with Gasteiger partial charge in [0.25, 0.3) is 0 Å². The van der Waals surface area contributed by atoms with Crippen LogP contribution in [0, 0.1) is 5.41 Å². The van der Waals surface area contributed by atoms with Crippen LogP contribution in [0.25, 0.3) is 32.8 Å². The van der Waals surface area contributed by atoms with Crippen LogP contribution < -0.4 is 15.5 Å². The Hall–Kier alpha value is -4.06. The summed E-state index contributed by atoms with van der Waals surface area (Å²) < 4.78 is 6.40. The van der Waals surface area contributed by atoms with Crippen molar-refractivity contribution in [1.29, 1.82) is 0 Å². The normalized spacial score (nSPS) is 15.1. The summed E-state index contributed by atoms with van der Waals surface area (Å²) in [5.41, 5.74) is 2.34. The van der Waals surface area contributed by atoms with Gasteiger partial charge in [-0.1, -0.05) is 11.3 Å². The van der Waals surface area contributed by atoms with Crippen molar-refractivity contribution in [1.82, 2.24) is 25.3 Å². The molecule has 1 aliphatic rings. The van der Waals surface area contributed by atoms with Crippen LogP contribution in [0.3, 0.4) is 0 Å². The fraction of sp³-hybridized carbons (Fsp3) is 0.333. The minimum atomic E-state index is -0.762. The van der Waals surface area contributed by atoms with E-state index in [2.05, 4.69) is 30.6 Å². The number of carbonyl (C=O) groups is 2. The molecule has 1 aromatic carbocycles. The third-order valence-electron chi connectivity index (χ3n) is 6.35. The number of aliphatic carboxylic acids is 1. The van der Waals surface area contributed by atoms with Gasteiger partial charge in [-0.05, 0) is 44.4 Å². The molecular weight excluding hydrogens is 482 g/mol. The molecule has 3 N–H and O–H groups in total. The number of urea groups is 1. The molecule has 0 unspecified atom stereocenters. The number of aromatic nitrogens is 4. The predicted molar refractivity (Wildman–Crippen MR) is 136 cm³/mol. The Bertz CT molecular complexity index is 1390. The largest absolute Gasteiger partial charge is 0.481 e. The van der Waals surface area contributed by atoms with Crippen molar-refractivity contribution in [3.05, 3.63) is 37.0 Å². The van der Waals surface area contributed by atoms with E-state index in [0.717, 1.165) is 21.4 Å². The Morgan fingerprint density at radius 2 is 1.92 bits per heavy atom. The lowest BCUT2D eigenvalue weighted by atomic mass is 9.80. The summed E-state index contributed by atoms with van der Waals surface area (Å²) in [5.74, 6) is 0.256. The molecule has 12 heteroatoms. The van der Waals surface area contributed by atoms with Crippen molar-refractivity contribution in [2.45, 2.75) is 26.7 Å². The zero-order chi connectivity index (χ0) is 25.3. The minimum Gasteiger partial charge on any atom is -0.481 e. The number of benzene rings is 1. The van der Waals surface area contributed by atoms with Gasteiger partial charge in [-0.25, -0.2) is 24.7 Å². The maximum atomic E-state index is 12.0. The highest BCUT2D eigenvalue weighted by atomic mass is 32.1. The molecule has 3 aromatic heterocycles. The minimum absolute atomic E-state index is 0.320. The molecule has 2 amide bonds. The summed E-state index contributed by atoms with van der Waals surface area (Å²) in [7, 11) is 0. The Labute approximate surface area is 210 Å². The molecule has 0 radical (unpaired) electrons. The van der Waals surface area contributed by atoms with Crippen LogP contribution in [0.4, 0.5) is 15.9 Å². The van der Waals surface area contributed by atoms with Crippen LogP contribution in [0.15, 0.2) is 41.4 Å². The highest BCUT2D eigenvalue weighted by molar-refractivity contribution is 7.22. The lowest BCUT2D eigenvalue weighted by molar-refractivity contribution is -0.149. The summed E-state index contributed by atoms with van der Waals surface area (Å²) in [6.45, 7) is 5.31. The first-order valence-corrected chi connectivity index (χ1v) is 12.4. The Balaban J connectivity index is 1.44. The molecule has 0 aliphatic carbocycles. The fourth-order valence-electron chi connectivity index (χ4n) is 4.12. The second-order valence-corrected chi connectivity index (χ2v) is 9.84. The highest BCUT2D eigenvalue weighted by Crippen LogP contribution is 2.38. The maximum Gasteiger partial charge on any atom is 0.321 e. The lowest BCUT2D eigenvalue weighted by Crippen LogP contribution is -2.43. The molecular formula is C24H25N7O4S. The highest BCUT2D eigenvalue weighted by Gasteiger charge is 2.37.